The highest BCUT2D eigenvalue weighted by molar-refractivity contribution is 5.93. The minimum atomic E-state index is -0.508. The van der Waals surface area contributed by atoms with Crippen molar-refractivity contribution in [3.05, 3.63) is 48.0 Å². The lowest BCUT2D eigenvalue weighted by atomic mass is 10.1. The number of hydrogen-bond donors (Lipinski definition) is 1. The van der Waals surface area contributed by atoms with E-state index < -0.39 is 11.9 Å². The van der Waals surface area contributed by atoms with Crippen molar-refractivity contribution in [2.45, 2.75) is 6.42 Å². The summed E-state index contributed by atoms with van der Waals surface area (Å²) in [5, 5.41) is 2.66. The SMILES string of the molecule is COc1ccccc1CC(=O)OCC(=O)Nc1ccc2c(c1)OCCO2. The lowest BCUT2D eigenvalue weighted by Crippen LogP contribution is -2.22. The second-order valence-electron chi connectivity index (χ2n) is 5.56. The molecule has 1 N–H and O–H groups in total. The highest BCUT2D eigenvalue weighted by Crippen LogP contribution is 2.32. The Labute approximate surface area is 150 Å². The number of fused-ring (bicyclic) bond motifs is 1. The average Bonchev–Trinajstić information content (AvgIpc) is 2.67. The van der Waals surface area contributed by atoms with Gasteiger partial charge in [0.15, 0.2) is 18.1 Å². The molecule has 1 aliphatic rings. The smallest absolute Gasteiger partial charge is 0.310 e. The third-order valence-electron chi connectivity index (χ3n) is 3.72. The van der Waals surface area contributed by atoms with Gasteiger partial charge in [-0.2, -0.15) is 0 Å². The predicted octanol–water partition coefficient (Wildman–Crippen LogP) is 2.19. The summed E-state index contributed by atoms with van der Waals surface area (Å²) in [4.78, 5) is 23.9. The molecule has 7 nitrogen and oxygen atoms in total. The van der Waals surface area contributed by atoms with Gasteiger partial charge in [-0.15, -0.1) is 0 Å². The van der Waals surface area contributed by atoms with Crippen molar-refractivity contribution in [1.29, 1.82) is 0 Å². The summed E-state index contributed by atoms with van der Waals surface area (Å²) in [6, 6.07) is 12.2. The van der Waals surface area contributed by atoms with Crippen LogP contribution in [0.5, 0.6) is 17.2 Å². The minimum Gasteiger partial charge on any atom is -0.496 e. The molecule has 136 valence electrons. The number of para-hydroxylation sites is 1. The van der Waals surface area contributed by atoms with Crippen molar-refractivity contribution in [3.8, 4) is 17.2 Å². The first-order chi connectivity index (χ1) is 12.7. The summed E-state index contributed by atoms with van der Waals surface area (Å²) in [6.45, 7) is 0.592. The fraction of sp³-hybridized carbons (Fsp3) is 0.263. The number of ether oxygens (including phenoxy) is 4. The molecule has 7 heteroatoms. The number of carbonyl (C=O) groups is 2. The Morgan fingerprint density at radius 1 is 1.08 bits per heavy atom. The summed E-state index contributed by atoms with van der Waals surface area (Å²) in [6.07, 6.45) is 0.0291. The highest BCUT2D eigenvalue weighted by Gasteiger charge is 2.14. The third kappa shape index (κ3) is 4.44. The number of hydrogen-bond acceptors (Lipinski definition) is 6. The van der Waals surface area contributed by atoms with E-state index in [1.54, 1.807) is 36.4 Å². The first kappa shape index (κ1) is 17.6. The summed E-state index contributed by atoms with van der Waals surface area (Å²) in [7, 11) is 1.53. The van der Waals surface area contributed by atoms with Gasteiger partial charge in [-0.3, -0.25) is 9.59 Å². The molecular formula is C19H19NO6. The van der Waals surface area contributed by atoms with E-state index >= 15 is 0 Å². The van der Waals surface area contributed by atoms with Gasteiger partial charge in [-0.05, 0) is 18.2 Å². The quantitative estimate of drug-likeness (QED) is 0.798. The van der Waals surface area contributed by atoms with E-state index in [-0.39, 0.29) is 13.0 Å². The predicted molar refractivity (Wildman–Crippen MR) is 93.7 cm³/mol. The van der Waals surface area contributed by atoms with Crippen LogP contribution in [0, 0.1) is 0 Å². The monoisotopic (exact) mass is 357 g/mol. The molecule has 2 aromatic carbocycles. The van der Waals surface area contributed by atoms with Crippen molar-refractivity contribution < 1.29 is 28.5 Å². The second-order valence-corrected chi connectivity index (χ2v) is 5.56. The Balaban J connectivity index is 1.50. The molecule has 1 aliphatic heterocycles. The number of amides is 1. The maximum atomic E-state index is 12.0. The van der Waals surface area contributed by atoms with Gasteiger partial charge >= 0.3 is 5.97 Å². The molecule has 0 fully saturated rings. The molecule has 1 amide bonds. The van der Waals surface area contributed by atoms with Crippen LogP contribution < -0.4 is 19.5 Å². The van der Waals surface area contributed by atoms with Crippen LogP contribution in [0.15, 0.2) is 42.5 Å². The molecule has 0 radical (unpaired) electrons. The molecule has 0 aliphatic carbocycles. The molecule has 1 heterocycles. The summed E-state index contributed by atoms with van der Waals surface area (Å²) < 4.78 is 21.1. The molecule has 26 heavy (non-hydrogen) atoms. The van der Waals surface area contributed by atoms with Crippen molar-refractivity contribution in [2.75, 3.05) is 32.2 Å². The Bertz CT molecular complexity index is 804. The zero-order valence-corrected chi connectivity index (χ0v) is 14.3. The zero-order valence-electron chi connectivity index (χ0n) is 14.3. The molecular weight excluding hydrogens is 338 g/mol. The fourth-order valence-corrected chi connectivity index (χ4v) is 2.52. The Kier molecular flexibility index (Phi) is 5.58. The Morgan fingerprint density at radius 2 is 1.85 bits per heavy atom. The van der Waals surface area contributed by atoms with Crippen LogP contribution in [0.2, 0.25) is 0 Å². The first-order valence-electron chi connectivity index (χ1n) is 8.13. The van der Waals surface area contributed by atoms with E-state index in [0.717, 1.165) is 0 Å². The van der Waals surface area contributed by atoms with E-state index in [9.17, 15) is 9.59 Å². The molecule has 0 saturated carbocycles. The largest absolute Gasteiger partial charge is 0.496 e. The Hall–Kier alpha value is -3.22. The minimum absolute atomic E-state index is 0.0291. The van der Waals surface area contributed by atoms with Gasteiger partial charge in [0.2, 0.25) is 0 Å². The van der Waals surface area contributed by atoms with Crippen molar-refractivity contribution in [1.82, 2.24) is 0 Å². The normalized spacial score (nSPS) is 12.2. The number of anilines is 1. The van der Waals surface area contributed by atoms with E-state index in [0.29, 0.717) is 41.7 Å². The average molecular weight is 357 g/mol. The maximum Gasteiger partial charge on any atom is 0.310 e. The maximum absolute atomic E-state index is 12.0. The van der Waals surface area contributed by atoms with Crippen molar-refractivity contribution in [2.24, 2.45) is 0 Å². The van der Waals surface area contributed by atoms with Gasteiger partial charge in [0, 0.05) is 17.3 Å². The van der Waals surface area contributed by atoms with E-state index in [1.807, 2.05) is 6.07 Å². The molecule has 3 rings (SSSR count). The molecule has 0 bridgehead atoms. The summed E-state index contributed by atoms with van der Waals surface area (Å²) in [5.41, 5.74) is 1.24. The number of nitrogens with one attached hydrogen (secondary N) is 1. The highest BCUT2D eigenvalue weighted by atomic mass is 16.6. The zero-order chi connectivity index (χ0) is 18.4. The van der Waals surface area contributed by atoms with Crippen LogP contribution in [-0.4, -0.2) is 38.8 Å². The standard InChI is InChI=1S/C19H19NO6/c1-23-15-5-3-2-4-13(15)10-19(22)26-12-18(21)20-14-6-7-16-17(11-14)25-9-8-24-16/h2-7,11H,8-10,12H2,1H3,(H,20,21). The number of benzene rings is 2. The summed E-state index contributed by atoms with van der Waals surface area (Å²) in [5.74, 6) is 0.867. The molecule has 0 aromatic heterocycles. The van der Waals surface area contributed by atoms with Gasteiger partial charge in [-0.1, -0.05) is 18.2 Å². The molecule has 0 spiro atoms. The fourth-order valence-electron chi connectivity index (χ4n) is 2.52. The van der Waals surface area contributed by atoms with Gasteiger partial charge in [0.05, 0.1) is 13.5 Å². The lowest BCUT2D eigenvalue weighted by Gasteiger charge is -2.19. The van der Waals surface area contributed by atoms with Gasteiger partial charge < -0.3 is 24.3 Å². The van der Waals surface area contributed by atoms with E-state index in [4.69, 9.17) is 18.9 Å². The van der Waals surface area contributed by atoms with Crippen LogP contribution >= 0.6 is 0 Å². The molecule has 2 aromatic rings. The van der Waals surface area contributed by atoms with Gasteiger partial charge in [0.25, 0.3) is 5.91 Å². The number of rotatable bonds is 6. The lowest BCUT2D eigenvalue weighted by molar-refractivity contribution is -0.146. The Morgan fingerprint density at radius 3 is 2.65 bits per heavy atom. The van der Waals surface area contributed by atoms with Gasteiger partial charge in [-0.25, -0.2) is 0 Å². The number of esters is 1. The number of carbonyl (C=O) groups excluding carboxylic acids is 2. The van der Waals surface area contributed by atoms with Crippen LogP contribution in [0.4, 0.5) is 5.69 Å². The van der Waals surface area contributed by atoms with Crippen LogP contribution in [-0.2, 0) is 20.7 Å². The van der Waals surface area contributed by atoms with Crippen LogP contribution in [0.1, 0.15) is 5.56 Å². The molecule has 0 saturated heterocycles. The molecule has 0 unspecified atom stereocenters. The first-order valence-corrected chi connectivity index (χ1v) is 8.13. The van der Waals surface area contributed by atoms with E-state index in [1.165, 1.54) is 7.11 Å². The second kappa shape index (κ2) is 8.24. The summed E-state index contributed by atoms with van der Waals surface area (Å²) >= 11 is 0. The van der Waals surface area contributed by atoms with Crippen molar-refractivity contribution in [3.63, 3.8) is 0 Å². The van der Waals surface area contributed by atoms with Crippen molar-refractivity contribution >= 4 is 17.6 Å². The van der Waals surface area contributed by atoms with Crippen LogP contribution in [0.25, 0.3) is 0 Å². The topological polar surface area (TPSA) is 83.1 Å². The van der Waals surface area contributed by atoms with E-state index in [2.05, 4.69) is 5.32 Å². The number of methoxy groups -OCH3 is 1. The third-order valence-corrected chi connectivity index (χ3v) is 3.72. The molecule has 0 atom stereocenters. The van der Waals surface area contributed by atoms with Crippen LogP contribution in [0.3, 0.4) is 0 Å². The van der Waals surface area contributed by atoms with Gasteiger partial charge in [0.1, 0.15) is 19.0 Å².